The Labute approximate surface area is 171 Å². The van der Waals surface area contributed by atoms with Crippen LogP contribution < -0.4 is 0 Å². The van der Waals surface area contributed by atoms with Gasteiger partial charge in [-0.3, -0.25) is 4.79 Å². The van der Waals surface area contributed by atoms with Gasteiger partial charge in [-0.25, -0.2) is 8.42 Å². The van der Waals surface area contributed by atoms with Gasteiger partial charge in [0, 0.05) is 42.6 Å². The van der Waals surface area contributed by atoms with Crippen LogP contribution in [0.3, 0.4) is 0 Å². The third kappa shape index (κ3) is 4.53. The highest BCUT2D eigenvalue weighted by Crippen LogP contribution is 2.23. The van der Waals surface area contributed by atoms with Gasteiger partial charge in [0.25, 0.3) is 0 Å². The SMILES string of the molecule is Cc1noc(Cl)c1CCC(=O)N1CCN(S(=O)(=O)c2cccc(Br)c2)CC1. The monoisotopic (exact) mass is 475 g/mol. The molecule has 0 spiro atoms. The molecule has 146 valence electrons. The molecule has 1 aliphatic rings. The topological polar surface area (TPSA) is 83.7 Å². The molecule has 27 heavy (non-hydrogen) atoms. The van der Waals surface area contributed by atoms with Crippen LogP contribution in [0, 0.1) is 6.92 Å². The van der Waals surface area contributed by atoms with E-state index in [9.17, 15) is 13.2 Å². The lowest BCUT2D eigenvalue weighted by Crippen LogP contribution is -2.50. The zero-order chi connectivity index (χ0) is 19.6. The van der Waals surface area contributed by atoms with E-state index in [0.29, 0.717) is 29.7 Å². The summed E-state index contributed by atoms with van der Waals surface area (Å²) in [5, 5.41) is 3.98. The number of hydrogen-bond donors (Lipinski definition) is 0. The Hall–Kier alpha value is -1.42. The average Bonchev–Trinajstić information content (AvgIpc) is 2.97. The Kier molecular flexibility index (Phi) is 6.25. The fourth-order valence-corrected chi connectivity index (χ4v) is 5.27. The number of carbonyl (C=O) groups is 1. The zero-order valence-electron chi connectivity index (χ0n) is 14.7. The van der Waals surface area contributed by atoms with E-state index in [1.54, 1.807) is 36.1 Å². The van der Waals surface area contributed by atoms with E-state index in [0.717, 1.165) is 5.56 Å². The minimum absolute atomic E-state index is 0.0360. The average molecular weight is 477 g/mol. The quantitative estimate of drug-likeness (QED) is 0.662. The summed E-state index contributed by atoms with van der Waals surface area (Å²) in [4.78, 5) is 14.4. The molecule has 7 nitrogen and oxygen atoms in total. The molecule has 1 aliphatic heterocycles. The Morgan fingerprint density at radius 2 is 2.00 bits per heavy atom. The number of sulfonamides is 1. The molecule has 3 rings (SSSR count). The number of piperazine rings is 1. The summed E-state index contributed by atoms with van der Waals surface area (Å²) < 4.78 is 32.5. The summed E-state index contributed by atoms with van der Waals surface area (Å²) >= 11 is 9.22. The van der Waals surface area contributed by atoms with E-state index in [4.69, 9.17) is 16.1 Å². The number of carbonyl (C=O) groups excluding carboxylic acids is 1. The molecule has 0 radical (unpaired) electrons. The molecule has 0 bridgehead atoms. The minimum Gasteiger partial charge on any atom is -0.344 e. The molecule has 1 aromatic heterocycles. The van der Waals surface area contributed by atoms with E-state index in [1.807, 2.05) is 0 Å². The van der Waals surface area contributed by atoms with Crippen molar-refractivity contribution < 1.29 is 17.7 Å². The fraction of sp³-hybridized carbons (Fsp3) is 0.412. The zero-order valence-corrected chi connectivity index (χ0v) is 17.8. The van der Waals surface area contributed by atoms with Crippen LogP contribution in [0.5, 0.6) is 0 Å². The number of benzene rings is 1. The molecule has 0 N–H and O–H groups in total. The van der Waals surface area contributed by atoms with E-state index >= 15 is 0 Å². The van der Waals surface area contributed by atoms with Crippen LogP contribution in [0.25, 0.3) is 0 Å². The van der Waals surface area contributed by atoms with Gasteiger partial charge in [0.05, 0.1) is 10.6 Å². The Bertz CT molecular complexity index is 920. The second kappa shape index (κ2) is 8.30. The van der Waals surface area contributed by atoms with E-state index < -0.39 is 10.0 Å². The summed E-state index contributed by atoms with van der Waals surface area (Å²) in [5.74, 6) is -0.0360. The summed E-state index contributed by atoms with van der Waals surface area (Å²) in [6.07, 6.45) is 0.726. The second-order valence-corrected chi connectivity index (χ2v) is 9.46. The van der Waals surface area contributed by atoms with Crippen LogP contribution in [0.2, 0.25) is 5.22 Å². The lowest BCUT2D eigenvalue weighted by atomic mass is 10.1. The first-order valence-corrected chi connectivity index (χ1v) is 11.0. The highest BCUT2D eigenvalue weighted by atomic mass is 79.9. The molecule has 1 saturated heterocycles. The van der Waals surface area contributed by atoms with E-state index in [2.05, 4.69) is 21.1 Å². The normalized spacial score (nSPS) is 15.9. The minimum atomic E-state index is -3.57. The molecule has 1 fully saturated rings. The van der Waals surface area contributed by atoms with Crippen LogP contribution in [0.4, 0.5) is 0 Å². The fourth-order valence-electron chi connectivity index (χ4n) is 2.98. The second-order valence-electron chi connectivity index (χ2n) is 6.26. The highest BCUT2D eigenvalue weighted by Gasteiger charge is 2.30. The first-order chi connectivity index (χ1) is 12.8. The summed E-state index contributed by atoms with van der Waals surface area (Å²) in [5.41, 5.74) is 1.42. The maximum atomic E-state index is 12.7. The lowest BCUT2D eigenvalue weighted by molar-refractivity contribution is -0.132. The molecule has 2 aromatic rings. The van der Waals surface area contributed by atoms with Crippen molar-refractivity contribution in [1.82, 2.24) is 14.4 Å². The molecule has 0 atom stereocenters. The summed E-state index contributed by atoms with van der Waals surface area (Å²) in [6, 6.07) is 6.62. The molecule has 0 aliphatic carbocycles. The molecule has 2 heterocycles. The number of aryl methyl sites for hydroxylation is 1. The number of nitrogens with zero attached hydrogens (tertiary/aromatic N) is 3. The van der Waals surface area contributed by atoms with Gasteiger partial charge in [-0.2, -0.15) is 4.31 Å². The van der Waals surface area contributed by atoms with Crippen LogP contribution in [0.15, 0.2) is 38.2 Å². The van der Waals surface area contributed by atoms with Gasteiger partial charge in [0.2, 0.25) is 21.1 Å². The molecule has 10 heteroatoms. The summed E-state index contributed by atoms with van der Waals surface area (Å²) in [7, 11) is -3.57. The maximum Gasteiger partial charge on any atom is 0.243 e. The first kappa shape index (κ1) is 20.3. The molecular weight excluding hydrogens is 458 g/mol. The molecule has 1 amide bonds. The van der Waals surface area contributed by atoms with Crippen molar-refractivity contribution in [3.05, 3.63) is 45.2 Å². The van der Waals surface area contributed by atoms with Crippen molar-refractivity contribution in [2.75, 3.05) is 26.2 Å². The molecule has 0 unspecified atom stereocenters. The molecule has 1 aromatic carbocycles. The van der Waals surface area contributed by atoms with Gasteiger partial charge < -0.3 is 9.42 Å². The predicted molar refractivity (Wildman–Crippen MR) is 104 cm³/mol. The standard InChI is InChI=1S/C17H19BrClN3O4S/c1-12-15(17(19)26-20-12)5-6-16(23)21-7-9-22(10-8-21)27(24,25)14-4-2-3-13(18)11-14/h2-4,11H,5-10H2,1H3. The van der Waals surface area contributed by atoms with Crippen molar-refractivity contribution in [2.24, 2.45) is 0 Å². The van der Waals surface area contributed by atoms with E-state index in [-0.39, 0.29) is 35.5 Å². The number of rotatable bonds is 5. The van der Waals surface area contributed by atoms with Crippen molar-refractivity contribution in [3.63, 3.8) is 0 Å². The number of hydrogen-bond acceptors (Lipinski definition) is 5. The number of halogens is 2. The van der Waals surface area contributed by atoms with Gasteiger partial charge in [-0.1, -0.05) is 27.2 Å². The van der Waals surface area contributed by atoms with Crippen LogP contribution in [-0.4, -0.2) is 54.9 Å². The van der Waals surface area contributed by atoms with Crippen LogP contribution in [-0.2, 0) is 21.2 Å². The van der Waals surface area contributed by atoms with Gasteiger partial charge in [-0.15, -0.1) is 0 Å². The van der Waals surface area contributed by atoms with Crippen molar-refractivity contribution in [2.45, 2.75) is 24.7 Å². The Morgan fingerprint density at radius 3 is 2.59 bits per heavy atom. The van der Waals surface area contributed by atoms with Gasteiger partial charge in [0.1, 0.15) is 0 Å². The highest BCUT2D eigenvalue weighted by molar-refractivity contribution is 9.10. The number of amides is 1. The largest absolute Gasteiger partial charge is 0.344 e. The van der Waals surface area contributed by atoms with Gasteiger partial charge >= 0.3 is 0 Å². The molecule has 0 saturated carbocycles. The smallest absolute Gasteiger partial charge is 0.243 e. The first-order valence-electron chi connectivity index (χ1n) is 8.43. The van der Waals surface area contributed by atoms with Crippen molar-refractivity contribution >= 4 is 43.5 Å². The van der Waals surface area contributed by atoms with Crippen LogP contribution in [0.1, 0.15) is 17.7 Å². The van der Waals surface area contributed by atoms with Crippen LogP contribution >= 0.6 is 27.5 Å². The third-order valence-corrected chi connectivity index (χ3v) is 7.24. The van der Waals surface area contributed by atoms with Gasteiger partial charge in [-0.05, 0) is 43.1 Å². The molecular formula is C17H19BrClN3O4S. The Morgan fingerprint density at radius 1 is 1.30 bits per heavy atom. The van der Waals surface area contributed by atoms with Crippen molar-refractivity contribution in [3.8, 4) is 0 Å². The number of aromatic nitrogens is 1. The lowest BCUT2D eigenvalue weighted by Gasteiger charge is -2.34. The van der Waals surface area contributed by atoms with Crippen molar-refractivity contribution in [1.29, 1.82) is 0 Å². The Balaban J connectivity index is 1.57. The maximum absolute atomic E-state index is 12.7. The van der Waals surface area contributed by atoms with Gasteiger partial charge in [0.15, 0.2) is 0 Å². The summed E-state index contributed by atoms with van der Waals surface area (Å²) in [6.45, 7) is 3.05. The third-order valence-electron chi connectivity index (χ3n) is 4.55. The van der Waals surface area contributed by atoms with E-state index in [1.165, 1.54) is 4.31 Å². The predicted octanol–water partition coefficient (Wildman–Crippen LogP) is 2.86.